The molecule has 194 valence electrons. The topological polar surface area (TPSA) is 292 Å². The van der Waals surface area contributed by atoms with Crippen LogP contribution in [0.4, 0.5) is 0 Å². The molecule has 0 rings (SSSR count). The van der Waals surface area contributed by atoms with Gasteiger partial charge >= 0.3 is 23.9 Å². The molecule has 14 nitrogen and oxygen atoms in total. The monoisotopic (exact) mass is 480 g/mol. The molecular formula is C19H40N6O8. The van der Waals surface area contributed by atoms with Crippen LogP contribution in [0, 0.1) is 5.92 Å². The van der Waals surface area contributed by atoms with Gasteiger partial charge < -0.3 is 49.1 Å². The summed E-state index contributed by atoms with van der Waals surface area (Å²) in [4.78, 5) is 44.3. The highest BCUT2D eigenvalue weighted by Crippen LogP contribution is 2.04. The maximum Gasteiger partial charge on any atom is 0.320 e. The van der Waals surface area contributed by atoms with Crippen LogP contribution in [0.2, 0.25) is 0 Å². The van der Waals surface area contributed by atoms with Crippen LogP contribution in [0.15, 0.2) is 4.99 Å². The predicted octanol–water partition coefficient (Wildman–Crippen LogP) is -1.06. The maximum atomic E-state index is 10.2. The van der Waals surface area contributed by atoms with Crippen LogP contribution in [0.1, 0.15) is 58.8 Å². The molecule has 0 unspecified atom stereocenters. The molecule has 0 radical (unpaired) electrons. The van der Waals surface area contributed by atoms with Crippen LogP contribution < -0.4 is 28.7 Å². The van der Waals surface area contributed by atoms with Gasteiger partial charge in [0, 0.05) is 13.0 Å². The standard InChI is InChI=1S/C7H13NO4.C6H14N4O2.C6H13NO2/c8-5(7(11)12)3-1-2-4-6(9)10;7-4(5(11)12)2-1-3-10-6(8)9;1-3-4(2)5(7)6(8)9/h5H,1-4,8H2,(H,9,10)(H,11,12);4H,1-3,7H2,(H,11,12)(H4,8,9,10);4-5H,3,7H2,1-2H3,(H,8,9)/t5-;4-;4-,5-/m000/s1. The molecule has 0 aromatic rings. The minimum atomic E-state index is -1.04. The van der Waals surface area contributed by atoms with E-state index in [1.165, 1.54) is 0 Å². The number of carboxylic acid groups (broad SMARTS) is 4. The molecule has 0 aromatic carbocycles. The first-order valence-corrected chi connectivity index (χ1v) is 10.4. The van der Waals surface area contributed by atoms with Crippen molar-refractivity contribution in [3.05, 3.63) is 0 Å². The summed E-state index contributed by atoms with van der Waals surface area (Å²) < 4.78 is 0. The van der Waals surface area contributed by atoms with Gasteiger partial charge in [0.1, 0.15) is 18.1 Å². The molecule has 0 bridgehead atoms. The molecular weight excluding hydrogens is 440 g/mol. The minimum absolute atomic E-state index is 0.0129. The van der Waals surface area contributed by atoms with E-state index >= 15 is 0 Å². The van der Waals surface area contributed by atoms with Gasteiger partial charge in [0.25, 0.3) is 0 Å². The fourth-order valence-electron chi connectivity index (χ4n) is 1.90. The van der Waals surface area contributed by atoms with Gasteiger partial charge in [-0.3, -0.25) is 24.2 Å². The number of aliphatic imine (C=N–C) groups is 1. The van der Waals surface area contributed by atoms with Gasteiger partial charge in [0.05, 0.1) is 0 Å². The Morgan fingerprint density at radius 3 is 1.55 bits per heavy atom. The summed E-state index contributed by atoms with van der Waals surface area (Å²) in [5.74, 6) is -3.73. The maximum absolute atomic E-state index is 10.2. The zero-order valence-electron chi connectivity index (χ0n) is 19.2. The zero-order chi connectivity index (χ0) is 26.6. The number of carbonyl (C=O) groups is 4. The van der Waals surface area contributed by atoms with Crippen molar-refractivity contribution in [1.29, 1.82) is 0 Å². The van der Waals surface area contributed by atoms with Gasteiger partial charge in [-0.1, -0.05) is 26.7 Å². The van der Waals surface area contributed by atoms with Crippen LogP contribution in [0.25, 0.3) is 0 Å². The van der Waals surface area contributed by atoms with Gasteiger partial charge in [-0.25, -0.2) is 0 Å². The fourth-order valence-corrected chi connectivity index (χ4v) is 1.90. The lowest BCUT2D eigenvalue weighted by Crippen LogP contribution is -2.36. The quantitative estimate of drug-likeness (QED) is 0.0814. The lowest BCUT2D eigenvalue weighted by Gasteiger charge is -2.11. The molecule has 4 atom stereocenters. The normalized spacial score (nSPS) is 13.5. The molecule has 33 heavy (non-hydrogen) atoms. The van der Waals surface area contributed by atoms with E-state index in [9.17, 15) is 19.2 Å². The Morgan fingerprint density at radius 2 is 1.24 bits per heavy atom. The molecule has 0 aliphatic carbocycles. The second-order valence-electron chi connectivity index (χ2n) is 7.23. The summed E-state index contributed by atoms with van der Waals surface area (Å²) in [6.07, 6.45) is 3.20. The molecule has 0 fully saturated rings. The first-order valence-electron chi connectivity index (χ1n) is 10.4. The van der Waals surface area contributed by atoms with Crippen LogP contribution in [0.3, 0.4) is 0 Å². The SMILES string of the molecule is CC[C@H](C)[C@H](N)C(=O)O.NC(N)=NCCC[C@H](N)C(=O)O.N[C@@H](CCCCC(=O)O)C(=O)O. The number of hydrogen-bond acceptors (Lipinski definition) is 8. The Bertz CT molecular complexity index is 613. The molecule has 0 heterocycles. The summed E-state index contributed by atoms with van der Waals surface area (Å²) >= 11 is 0. The molecule has 0 amide bonds. The molecule has 0 aromatic heterocycles. The smallest absolute Gasteiger partial charge is 0.320 e. The minimum Gasteiger partial charge on any atom is -0.481 e. The van der Waals surface area contributed by atoms with E-state index in [2.05, 4.69) is 4.99 Å². The van der Waals surface area contributed by atoms with Crippen molar-refractivity contribution in [3.63, 3.8) is 0 Å². The number of guanidine groups is 1. The van der Waals surface area contributed by atoms with Crippen molar-refractivity contribution in [1.82, 2.24) is 0 Å². The molecule has 14 N–H and O–H groups in total. The average molecular weight is 481 g/mol. The van der Waals surface area contributed by atoms with E-state index in [0.717, 1.165) is 6.42 Å². The summed E-state index contributed by atoms with van der Waals surface area (Å²) in [6.45, 7) is 4.18. The Hall–Kier alpha value is -2.97. The zero-order valence-corrected chi connectivity index (χ0v) is 19.2. The predicted molar refractivity (Wildman–Crippen MR) is 122 cm³/mol. The average Bonchev–Trinajstić information content (AvgIpc) is 2.73. The molecule has 14 heteroatoms. The summed E-state index contributed by atoms with van der Waals surface area (Å²) in [7, 11) is 0. The van der Waals surface area contributed by atoms with Gasteiger partial charge in [-0.15, -0.1) is 0 Å². The second-order valence-corrected chi connectivity index (χ2v) is 7.23. The van der Waals surface area contributed by atoms with E-state index in [1.807, 2.05) is 13.8 Å². The number of aliphatic carboxylic acids is 4. The number of unbranched alkanes of at least 4 members (excludes halogenated alkanes) is 1. The molecule has 0 aliphatic rings. The van der Waals surface area contributed by atoms with Gasteiger partial charge in [0.2, 0.25) is 0 Å². The Balaban J connectivity index is -0.000000414. The Labute approximate surface area is 193 Å². The Kier molecular flexibility index (Phi) is 21.9. The van der Waals surface area contributed by atoms with Crippen molar-refractivity contribution in [2.75, 3.05) is 6.54 Å². The number of nitrogens with zero attached hydrogens (tertiary/aromatic N) is 1. The van der Waals surface area contributed by atoms with E-state index in [1.54, 1.807) is 0 Å². The summed E-state index contributed by atoms with van der Waals surface area (Å²) in [5, 5.41) is 33.3. The molecule has 0 saturated heterocycles. The van der Waals surface area contributed by atoms with Crippen LogP contribution in [-0.4, -0.2) is 74.9 Å². The molecule has 0 saturated carbocycles. The lowest BCUT2D eigenvalue weighted by atomic mass is 10.0. The highest BCUT2D eigenvalue weighted by molar-refractivity contribution is 5.75. The highest BCUT2D eigenvalue weighted by Gasteiger charge is 2.17. The van der Waals surface area contributed by atoms with Gasteiger partial charge in [-0.2, -0.15) is 0 Å². The number of carboxylic acids is 4. The number of nitrogens with two attached hydrogens (primary N) is 5. The molecule has 0 spiro atoms. The van der Waals surface area contributed by atoms with E-state index in [4.69, 9.17) is 49.1 Å². The van der Waals surface area contributed by atoms with Crippen LogP contribution in [0.5, 0.6) is 0 Å². The third-order valence-corrected chi connectivity index (χ3v) is 4.30. The number of rotatable bonds is 14. The third kappa shape index (κ3) is 25.2. The first-order chi connectivity index (χ1) is 15.2. The third-order valence-electron chi connectivity index (χ3n) is 4.30. The van der Waals surface area contributed by atoms with E-state index in [-0.39, 0.29) is 18.3 Å². The number of hydrogen-bond donors (Lipinski definition) is 9. The second kappa shape index (κ2) is 20.9. The van der Waals surface area contributed by atoms with Crippen molar-refractivity contribution in [2.24, 2.45) is 39.6 Å². The highest BCUT2D eigenvalue weighted by atomic mass is 16.4. The van der Waals surface area contributed by atoms with Crippen molar-refractivity contribution in [3.8, 4) is 0 Å². The first kappa shape index (κ1) is 34.6. The van der Waals surface area contributed by atoms with Gasteiger partial charge in [-0.05, 0) is 31.6 Å². The summed E-state index contributed by atoms with van der Waals surface area (Å²) in [6, 6.07) is -2.38. The largest absolute Gasteiger partial charge is 0.481 e. The van der Waals surface area contributed by atoms with E-state index in [0.29, 0.717) is 38.6 Å². The molecule has 0 aliphatic heterocycles. The van der Waals surface area contributed by atoms with Crippen molar-refractivity contribution in [2.45, 2.75) is 76.9 Å². The Morgan fingerprint density at radius 1 is 0.788 bits per heavy atom. The van der Waals surface area contributed by atoms with Crippen LogP contribution in [-0.2, 0) is 19.2 Å². The van der Waals surface area contributed by atoms with Crippen LogP contribution >= 0.6 is 0 Å². The summed E-state index contributed by atoms with van der Waals surface area (Å²) in [5.41, 5.74) is 25.8. The van der Waals surface area contributed by atoms with Crippen molar-refractivity contribution < 1.29 is 39.6 Å². The van der Waals surface area contributed by atoms with E-state index < -0.39 is 42.0 Å². The lowest BCUT2D eigenvalue weighted by molar-refractivity contribution is -0.140. The van der Waals surface area contributed by atoms with Gasteiger partial charge in [0.15, 0.2) is 5.96 Å². The van der Waals surface area contributed by atoms with Crippen molar-refractivity contribution >= 4 is 29.8 Å². The fraction of sp³-hybridized carbons (Fsp3) is 0.737.